The van der Waals surface area contributed by atoms with Gasteiger partial charge >= 0.3 is 118 Å². The fourth-order valence-electron chi connectivity index (χ4n) is 6.42. The van der Waals surface area contributed by atoms with Crippen LogP contribution in [0.1, 0.15) is 0 Å². The molecule has 28 heteroatoms. The van der Waals surface area contributed by atoms with Crippen LogP contribution >= 0.6 is 0 Å². The number of hydrogen-bond donors (Lipinski definition) is 2. The average molecular weight is 923 g/mol. The van der Waals surface area contributed by atoms with Gasteiger partial charge in [0, 0.05) is 43.8 Å². The Morgan fingerprint density at radius 3 is 1.27 bits per heavy atom. The van der Waals surface area contributed by atoms with Crippen LogP contribution in [-0.2, 0) is 40.5 Å². The number of rotatable bonds is 4. The number of nitrogens with one attached hydrogen (secondary N) is 2. The Labute approximate surface area is 426 Å². The standard InChI is InChI=1S/C32H18N8O12S4.4Na/c41-53(42,43)13-4-7-16-20(10-13)29-33-25(16)35-30-22-12-15(55(47,48)49)6-9-18(22)27(37-30)39-32-24-19(2-1-3-23(24)56(50,51)52)28(40-32)38-31-21-11-14(54(44,45)46)5-8-17(21)26(34-29)36-31;;;;/h1-12H,(H,41,42,43)(H,44,45,46)(H,47,48,49)(H,50,51,52)(H2,33,34,35,36,37,38,39,40);;;;/q;4*+1/p-4. The Bertz CT molecular complexity index is 3590. The van der Waals surface area contributed by atoms with Crippen molar-refractivity contribution < 1.29 is 170 Å². The van der Waals surface area contributed by atoms with Gasteiger partial charge in [-0.05, 0) is 60.7 Å². The molecule has 0 saturated carbocycles. The molecule has 0 atom stereocenters. The SMILES string of the molecule is O=S(=O)([O-])c1ccc2c(c1)-c1nc-2nc2[nH]c(nc3nc(nc4[nH]c(n1)c1ccc(S(=O)(=O)[O-])cc41)-c1ccc(S(=O)(=O)[O-])cc1-3)c1cccc(S(=O)(=O)[O-])c21.[Na+].[Na+].[Na+].[Na+]. The molecular weight excluding hydrogens is 909 g/mol. The number of hydrogen-bond acceptors (Lipinski definition) is 18. The molecule has 0 saturated heterocycles. The normalized spacial score (nSPS) is 12.3. The van der Waals surface area contributed by atoms with Crippen molar-refractivity contribution in [2.24, 2.45) is 0 Å². The third kappa shape index (κ3) is 8.73. The molecule has 7 aromatic rings. The number of fused-ring (bicyclic) bond motifs is 20. The molecule has 0 spiro atoms. The van der Waals surface area contributed by atoms with E-state index < -0.39 is 60.1 Å². The summed E-state index contributed by atoms with van der Waals surface area (Å²) in [5.74, 6) is -0.873. The van der Waals surface area contributed by atoms with Crippen molar-refractivity contribution in [3.63, 3.8) is 0 Å². The minimum absolute atomic E-state index is 0. The molecule has 0 radical (unpaired) electrons. The van der Waals surface area contributed by atoms with Crippen molar-refractivity contribution in [2.75, 3.05) is 0 Å². The second-order valence-electron chi connectivity index (χ2n) is 12.2. The van der Waals surface area contributed by atoms with Gasteiger partial charge in [0.2, 0.25) is 0 Å². The summed E-state index contributed by atoms with van der Waals surface area (Å²) in [7, 11) is -20.2. The predicted octanol–water partition coefficient (Wildman–Crippen LogP) is -9.50. The molecule has 4 aromatic carbocycles. The van der Waals surface area contributed by atoms with Gasteiger partial charge in [0.15, 0.2) is 23.3 Å². The van der Waals surface area contributed by atoms with Crippen molar-refractivity contribution in [2.45, 2.75) is 19.6 Å². The van der Waals surface area contributed by atoms with Gasteiger partial charge in [0.05, 0.1) is 19.6 Å². The molecule has 2 aliphatic heterocycles. The van der Waals surface area contributed by atoms with Crippen LogP contribution in [0.4, 0.5) is 0 Å². The van der Waals surface area contributed by atoms with Gasteiger partial charge in [-0.1, -0.05) is 12.1 Å². The second kappa shape index (κ2) is 17.1. The minimum Gasteiger partial charge on any atom is -0.744 e. The van der Waals surface area contributed by atoms with Gasteiger partial charge in [-0.2, -0.15) is 0 Å². The Balaban J connectivity index is 0.00000171. The van der Waals surface area contributed by atoms with Gasteiger partial charge in [0.25, 0.3) is 0 Å². The number of benzene rings is 4. The Kier molecular flexibility index (Phi) is 13.9. The van der Waals surface area contributed by atoms with Crippen molar-refractivity contribution in [3.8, 4) is 45.6 Å². The van der Waals surface area contributed by atoms with Gasteiger partial charge in [-0.3, -0.25) is 0 Å². The molecule has 282 valence electrons. The molecule has 9 rings (SSSR count). The molecule has 0 aliphatic carbocycles. The quantitative estimate of drug-likeness (QED) is 0.122. The smallest absolute Gasteiger partial charge is 0.744 e. The van der Waals surface area contributed by atoms with Crippen LogP contribution in [0.25, 0.3) is 89.7 Å². The van der Waals surface area contributed by atoms with Crippen molar-refractivity contribution >= 4 is 84.6 Å². The van der Waals surface area contributed by atoms with E-state index in [0.717, 1.165) is 42.5 Å². The van der Waals surface area contributed by atoms with Crippen LogP contribution in [0.2, 0.25) is 0 Å². The van der Waals surface area contributed by atoms with E-state index in [1.807, 2.05) is 0 Å². The molecule has 0 amide bonds. The zero-order chi connectivity index (χ0) is 39.7. The summed E-state index contributed by atoms with van der Waals surface area (Å²) in [4.78, 5) is 30.1. The van der Waals surface area contributed by atoms with Crippen LogP contribution in [0.5, 0.6) is 0 Å². The molecule has 3 aromatic heterocycles. The number of aromatic amines is 2. The summed E-state index contributed by atoms with van der Waals surface area (Å²) in [6, 6.07) is 13.4. The third-order valence-electron chi connectivity index (χ3n) is 8.87. The second-order valence-corrected chi connectivity index (χ2v) is 17.7. The van der Waals surface area contributed by atoms with E-state index >= 15 is 0 Å². The summed E-state index contributed by atoms with van der Waals surface area (Å²) in [6.07, 6.45) is 0. The van der Waals surface area contributed by atoms with Gasteiger partial charge < -0.3 is 28.2 Å². The summed E-state index contributed by atoms with van der Waals surface area (Å²) >= 11 is 0. The molecule has 0 fully saturated rings. The molecule has 5 heterocycles. The van der Waals surface area contributed by atoms with Gasteiger partial charge in [0.1, 0.15) is 63.1 Å². The maximum atomic E-state index is 12.5. The molecule has 2 N–H and O–H groups in total. The predicted molar refractivity (Wildman–Crippen MR) is 188 cm³/mol. The summed E-state index contributed by atoms with van der Waals surface area (Å²) < 4.78 is 146. The molecule has 60 heavy (non-hydrogen) atoms. The monoisotopic (exact) mass is 922 g/mol. The van der Waals surface area contributed by atoms with Crippen LogP contribution < -0.4 is 118 Å². The first-order chi connectivity index (χ1) is 26.2. The van der Waals surface area contributed by atoms with E-state index in [0.29, 0.717) is 0 Å². The first-order valence-electron chi connectivity index (χ1n) is 15.5. The molecular formula is C32H14N8Na4O12S4. The van der Waals surface area contributed by atoms with Crippen LogP contribution in [0.15, 0.2) is 92.4 Å². The van der Waals surface area contributed by atoms with E-state index in [-0.39, 0.29) is 208 Å². The largest absolute Gasteiger partial charge is 1.00 e. The van der Waals surface area contributed by atoms with E-state index in [4.69, 9.17) is 0 Å². The average Bonchev–Trinajstić information content (AvgIpc) is 3.84. The molecule has 0 unspecified atom stereocenters. The van der Waals surface area contributed by atoms with Crippen molar-refractivity contribution in [1.82, 2.24) is 39.9 Å². The van der Waals surface area contributed by atoms with E-state index in [9.17, 15) is 51.9 Å². The number of nitrogens with zero attached hydrogens (tertiary/aromatic N) is 6. The van der Waals surface area contributed by atoms with E-state index in [1.165, 1.54) is 30.3 Å². The Hall–Kier alpha value is -2.12. The number of H-pyrrole nitrogens is 2. The topological polar surface area (TPSA) is 338 Å². The summed E-state index contributed by atoms with van der Waals surface area (Å²) in [5.41, 5.74) is -0.481. The fraction of sp³-hybridized carbons (Fsp3) is 0. The molecule has 20 nitrogen and oxygen atoms in total. The molecule has 8 bridgehead atoms. The van der Waals surface area contributed by atoms with Crippen molar-refractivity contribution in [1.29, 1.82) is 0 Å². The Morgan fingerprint density at radius 2 is 0.783 bits per heavy atom. The van der Waals surface area contributed by atoms with Crippen LogP contribution in [-0.4, -0.2) is 91.8 Å². The minimum atomic E-state index is -5.18. The summed E-state index contributed by atoms with van der Waals surface area (Å²) in [6.45, 7) is 0. The third-order valence-corrected chi connectivity index (χ3v) is 12.2. The zero-order valence-corrected chi connectivity index (χ0v) is 42.4. The summed E-state index contributed by atoms with van der Waals surface area (Å²) in [5, 5.41) is -0.0500. The van der Waals surface area contributed by atoms with E-state index in [2.05, 4.69) is 39.9 Å². The van der Waals surface area contributed by atoms with Gasteiger partial charge in [-0.15, -0.1) is 0 Å². The maximum absolute atomic E-state index is 12.5. The van der Waals surface area contributed by atoms with Crippen LogP contribution in [0, 0.1) is 0 Å². The fourth-order valence-corrected chi connectivity index (χ4v) is 8.62. The Morgan fingerprint density at radius 1 is 0.383 bits per heavy atom. The first kappa shape index (κ1) is 48.9. The maximum Gasteiger partial charge on any atom is 1.00 e. The van der Waals surface area contributed by atoms with Gasteiger partial charge in [-0.25, -0.2) is 63.6 Å². The van der Waals surface area contributed by atoms with Crippen molar-refractivity contribution in [3.05, 3.63) is 72.8 Å². The molecule has 2 aliphatic rings. The van der Waals surface area contributed by atoms with E-state index in [1.54, 1.807) is 0 Å². The van der Waals surface area contributed by atoms with Crippen LogP contribution in [0.3, 0.4) is 0 Å². The first-order valence-corrected chi connectivity index (χ1v) is 21.1. The zero-order valence-electron chi connectivity index (χ0n) is 31.1. The number of aromatic nitrogens is 8.